The normalized spacial score (nSPS) is 22.6. The molecule has 8 heteroatoms. The van der Waals surface area contributed by atoms with E-state index in [9.17, 15) is 13.5 Å². The van der Waals surface area contributed by atoms with Crippen LogP contribution in [0.25, 0.3) is 5.69 Å². The Morgan fingerprint density at radius 1 is 1.43 bits per heavy atom. The summed E-state index contributed by atoms with van der Waals surface area (Å²) in [7, 11) is -3.29. The fourth-order valence-electron chi connectivity index (χ4n) is 2.22. The van der Waals surface area contributed by atoms with E-state index < -0.39 is 15.4 Å². The van der Waals surface area contributed by atoms with E-state index >= 15 is 0 Å². The fraction of sp³-hybridized carbons (Fsp3) is 0.385. The largest absolute Gasteiger partial charge is 0.381 e. The number of hydrogen-bond donors (Lipinski definition) is 1. The molecule has 112 valence electrons. The van der Waals surface area contributed by atoms with Gasteiger partial charge in [0.2, 0.25) is 0 Å². The number of benzene rings is 1. The van der Waals surface area contributed by atoms with Crippen molar-refractivity contribution in [3.63, 3.8) is 0 Å². The molecule has 0 amide bonds. The molecule has 2 aromatic rings. The predicted molar refractivity (Wildman–Crippen MR) is 73.8 cm³/mol. The summed E-state index contributed by atoms with van der Waals surface area (Å²) in [6.07, 6.45) is 3.21. The van der Waals surface area contributed by atoms with E-state index in [0.29, 0.717) is 24.4 Å². The van der Waals surface area contributed by atoms with Crippen molar-refractivity contribution in [2.75, 3.05) is 19.5 Å². The van der Waals surface area contributed by atoms with Crippen LogP contribution < -0.4 is 0 Å². The van der Waals surface area contributed by atoms with Crippen molar-refractivity contribution in [1.29, 1.82) is 0 Å². The molecule has 0 aliphatic carbocycles. The monoisotopic (exact) mass is 309 g/mol. The first kappa shape index (κ1) is 14.2. The van der Waals surface area contributed by atoms with Gasteiger partial charge in [-0.05, 0) is 18.2 Å². The molecule has 1 aliphatic heterocycles. The average Bonchev–Trinajstić information content (AvgIpc) is 3.07. The number of ether oxygens (including phenoxy) is 1. The first-order valence-electron chi connectivity index (χ1n) is 6.42. The van der Waals surface area contributed by atoms with E-state index in [-0.39, 0.29) is 11.5 Å². The molecule has 0 saturated carbocycles. The Balaban J connectivity index is 1.97. The van der Waals surface area contributed by atoms with E-state index in [2.05, 4.69) is 10.3 Å². The van der Waals surface area contributed by atoms with Gasteiger partial charge in [0.15, 0.2) is 9.84 Å². The summed E-state index contributed by atoms with van der Waals surface area (Å²) >= 11 is 0. The molecule has 0 bridgehead atoms. The van der Waals surface area contributed by atoms with Crippen LogP contribution in [-0.4, -0.2) is 48.0 Å². The number of hydrogen-bond acceptors (Lipinski definition) is 6. The number of aliphatic hydroxyl groups is 1. The van der Waals surface area contributed by atoms with Gasteiger partial charge in [0.1, 0.15) is 11.3 Å². The van der Waals surface area contributed by atoms with Crippen molar-refractivity contribution in [2.45, 2.75) is 16.9 Å². The second-order valence-corrected chi connectivity index (χ2v) is 7.17. The van der Waals surface area contributed by atoms with Gasteiger partial charge in [0.05, 0.1) is 23.4 Å². The summed E-state index contributed by atoms with van der Waals surface area (Å²) in [5, 5.41) is 18.3. The Kier molecular flexibility index (Phi) is 3.31. The highest BCUT2D eigenvalue weighted by Crippen LogP contribution is 2.28. The molecule has 1 aromatic carbocycles. The second-order valence-electron chi connectivity index (χ2n) is 5.15. The summed E-state index contributed by atoms with van der Waals surface area (Å²) in [4.78, 5) is 0.208. The van der Waals surface area contributed by atoms with Crippen molar-refractivity contribution in [3.8, 4) is 5.69 Å². The summed E-state index contributed by atoms with van der Waals surface area (Å²) in [6, 6.07) is 6.40. The molecule has 1 N–H and O–H groups in total. The van der Waals surface area contributed by atoms with E-state index in [1.807, 2.05) is 0 Å². The maximum absolute atomic E-state index is 11.6. The molecule has 1 saturated heterocycles. The van der Waals surface area contributed by atoms with E-state index in [4.69, 9.17) is 4.74 Å². The summed E-state index contributed by atoms with van der Waals surface area (Å²) in [5.74, 6) is 0. The Morgan fingerprint density at radius 2 is 2.24 bits per heavy atom. The van der Waals surface area contributed by atoms with E-state index in [1.165, 1.54) is 16.8 Å². The maximum Gasteiger partial charge on any atom is 0.175 e. The molecule has 1 aromatic heterocycles. The lowest BCUT2D eigenvalue weighted by atomic mass is 10.0. The zero-order valence-corrected chi connectivity index (χ0v) is 12.2. The van der Waals surface area contributed by atoms with Gasteiger partial charge >= 0.3 is 0 Å². The molecule has 21 heavy (non-hydrogen) atoms. The molecule has 1 unspecified atom stereocenters. The van der Waals surface area contributed by atoms with Crippen molar-refractivity contribution < 1.29 is 18.3 Å². The van der Waals surface area contributed by atoms with Crippen LogP contribution in [-0.2, 0) is 20.2 Å². The zero-order chi connectivity index (χ0) is 15.1. The minimum atomic E-state index is -3.29. The third-order valence-electron chi connectivity index (χ3n) is 3.48. The van der Waals surface area contributed by atoms with Gasteiger partial charge in [-0.25, -0.2) is 13.1 Å². The minimum absolute atomic E-state index is 0.190. The number of aromatic nitrogens is 3. The van der Waals surface area contributed by atoms with Crippen LogP contribution in [0.4, 0.5) is 0 Å². The number of sulfone groups is 1. The summed E-state index contributed by atoms with van der Waals surface area (Å²) in [5.41, 5.74) is -0.129. The molecule has 0 spiro atoms. The molecule has 1 aliphatic rings. The molecule has 1 fully saturated rings. The third kappa shape index (κ3) is 2.69. The van der Waals surface area contributed by atoms with Crippen molar-refractivity contribution >= 4 is 9.84 Å². The zero-order valence-electron chi connectivity index (χ0n) is 11.4. The maximum atomic E-state index is 11.6. The highest BCUT2D eigenvalue weighted by molar-refractivity contribution is 7.90. The quantitative estimate of drug-likeness (QED) is 0.875. The van der Waals surface area contributed by atoms with Gasteiger partial charge in [-0.1, -0.05) is 11.3 Å². The Hall–Kier alpha value is -1.77. The van der Waals surface area contributed by atoms with Crippen LogP contribution in [0.15, 0.2) is 35.4 Å². The smallest absolute Gasteiger partial charge is 0.175 e. The molecular formula is C13H15N3O4S. The lowest BCUT2D eigenvalue weighted by Gasteiger charge is -2.15. The van der Waals surface area contributed by atoms with Gasteiger partial charge in [0, 0.05) is 19.3 Å². The Bertz CT molecular complexity index is 763. The second kappa shape index (κ2) is 4.90. The molecule has 7 nitrogen and oxygen atoms in total. The third-order valence-corrected chi connectivity index (χ3v) is 4.59. The van der Waals surface area contributed by atoms with E-state index in [1.54, 1.807) is 18.3 Å². The minimum Gasteiger partial charge on any atom is -0.381 e. The van der Waals surface area contributed by atoms with Crippen LogP contribution >= 0.6 is 0 Å². The van der Waals surface area contributed by atoms with E-state index in [0.717, 1.165) is 6.26 Å². The predicted octanol–water partition coefficient (Wildman–Crippen LogP) is 0.279. The van der Waals surface area contributed by atoms with Crippen LogP contribution in [0.1, 0.15) is 12.1 Å². The van der Waals surface area contributed by atoms with Gasteiger partial charge in [0.25, 0.3) is 0 Å². The molecule has 3 rings (SSSR count). The van der Waals surface area contributed by atoms with Gasteiger partial charge in [-0.3, -0.25) is 0 Å². The Morgan fingerprint density at radius 3 is 2.90 bits per heavy atom. The highest BCUT2D eigenvalue weighted by atomic mass is 32.2. The average molecular weight is 309 g/mol. The Labute approximate surface area is 122 Å². The first-order valence-corrected chi connectivity index (χ1v) is 8.31. The van der Waals surface area contributed by atoms with Crippen LogP contribution in [0, 0.1) is 0 Å². The van der Waals surface area contributed by atoms with Gasteiger partial charge < -0.3 is 9.84 Å². The molecular weight excluding hydrogens is 294 g/mol. The van der Waals surface area contributed by atoms with Crippen LogP contribution in [0.2, 0.25) is 0 Å². The van der Waals surface area contributed by atoms with Gasteiger partial charge in [-0.2, -0.15) is 0 Å². The summed E-state index contributed by atoms with van der Waals surface area (Å²) < 4.78 is 29.8. The first-order chi connectivity index (χ1) is 9.88. The van der Waals surface area contributed by atoms with Crippen molar-refractivity contribution in [2.24, 2.45) is 0 Å². The fourth-order valence-corrected chi connectivity index (χ4v) is 2.88. The molecule has 2 heterocycles. The van der Waals surface area contributed by atoms with Crippen LogP contribution in [0.5, 0.6) is 0 Å². The lowest BCUT2D eigenvalue weighted by Crippen LogP contribution is -2.26. The SMILES string of the molecule is CS(=O)(=O)c1cccc(-n2cc(C3(O)CCOC3)nn2)c1. The van der Waals surface area contributed by atoms with Crippen molar-refractivity contribution in [1.82, 2.24) is 15.0 Å². The standard InChI is InChI=1S/C13H15N3O4S/c1-21(18,19)11-4-2-3-10(7-11)16-8-12(14-15-16)13(17)5-6-20-9-13/h2-4,7-8,17H,5-6,9H2,1H3. The highest BCUT2D eigenvalue weighted by Gasteiger charge is 2.37. The number of rotatable bonds is 3. The van der Waals surface area contributed by atoms with Crippen molar-refractivity contribution in [3.05, 3.63) is 36.2 Å². The van der Waals surface area contributed by atoms with Gasteiger partial charge in [-0.15, -0.1) is 5.10 Å². The molecule has 1 atom stereocenters. The topological polar surface area (TPSA) is 94.3 Å². The van der Waals surface area contributed by atoms with Crippen LogP contribution in [0.3, 0.4) is 0 Å². The molecule has 0 radical (unpaired) electrons. The summed E-state index contributed by atoms with van der Waals surface area (Å²) in [6.45, 7) is 0.669. The number of nitrogens with zero attached hydrogens (tertiary/aromatic N) is 3. The lowest BCUT2D eigenvalue weighted by molar-refractivity contribution is 0.0193.